The van der Waals surface area contributed by atoms with Gasteiger partial charge in [0.05, 0.1) is 4.90 Å². The fraction of sp³-hybridized carbons (Fsp3) is 0.600. The summed E-state index contributed by atoms with van der Waals surface area (Å²) in [4.78, 5) is 2.35. The Morgan fingerprint density at radius 3 is 2.38 bits per heavy atom. The van der Waals surface area contributed by atoms with Crippen molar-refractivity contribution in [3.63, 3.8) is 0 Å². The quantitative estimate of drug-likeness (QED) is 0.826. The van der Waals surface area contributed by atoms with Crippen LogP contribution in [0.1, 0.15) is 25.0 Å². The minimum atomic E-state index is -3.51. The van der Waals surface area contributed by atoms with Gasteiger partial charge < -0.3 is 10.6 Å². The van der Waals surface area contributed by atoms with Crippen LogP contribution in [0.3, 0.4) is 0 Å². The molecule has 0 aliphatic rings. The fourth-order valence-electron chi connectivity index (χ4n) is 2.51. The van der Waals surface area contributed by atoms with Crippen LogP contribution in [0, 0.1) is 6.92 Å². The van der Waals surface area contributed by atoms with Crippen LogP contribution in [0.4, 0.5) is 0 Å². The van der Waals surface area contributed by atoms with Crippen molar-refractivity contribution < 1.29 is 8.42 Å². The van der Waals surface area contributed by atoms with Gasteiger partial charge in [-0.15, -0.1) is 0 Å². The lowest BCUT2D eigenvalue weighted by molar-refractivity contribution is 0.271. The molecule has 0 saturated carbocycles. The first-order valence-electron chi connectivity index (χ1n) is 7.20. The zero-order valence-electron chi connectivity index (χ0n) is 13.6. The van der Waals surface area contributed by atoms with Crippen molar-refractivity contribution in [1.82, 2.24) is 9.21 Å². The van der Waals surface area contributed by atoms with Gasteiger partial charge in [-0.2, -0.15) is 4.31 Å². The molecule has 1 aromatic carbocycles. The predicted octanol–water partition coefficient (Wildman–Crippen LogP) is 1.41. The Kier molecular flexibility index (Phi) is 6.34. The Balaban J connectivity index is 3.24. The standard InChI is InChI=1S/C15H27N3O2S/c1-6-18(13(3)11-17(4)5)21(19,20)15-9-14(10-16)8-7-12(15)2/h7-9,13H,6,10-11,16H2,1-5H3. The lowest BCUT2D eigenvalue weighted by atomic mass is 10.1. The van der Waals surface area contributed by atoms with Crippen molar-refractivity contribution in [1.29, 1.82) is 0 Å². The van der Waals surface area contributed by atoms with Crippen molar-refractivity contribution in [2.24, 2.45) is 5.73 Å². The summed E-state index contributed by atoms with van der Waals surface area (Å²) in [6.45, 7) is 7.08. The van der Waals surface area contributed by atoms with Gasteiger partial charge in [-0.25, -0.2) is 8.42 Å². The summed E-state index contributed by atoms with van der Waals surface area (Å²) >= 11 is 0. The molecule has 0 amide bonds. The van der Waals surface area contributed by atoms with E-state index in [2.05, 4.69) is 0 Å². The van der Waals surface area contributed by atoms with E-state index in [1.165, 1.54) is 0 Å². The maximum Gasteiger partial charge on any atom is 0.243 e. The minimum absolute atomic E-state index is 0.0871. The van der Waals surface area contributed by atoms with Crippen molar-refractivity contribution in [3.8, 4) is 0 Å². The molecule has 1 unspecified atom stereocenters. The number of nitrogens with two attached hydrogens (primary N) is 1. The molecule has 0 saturated heterocycles. The van der Waals surface area contributed by atoms with Gasteiger partial charge in [-0.3, -0.25) is 0 Å². The van der Waals surface area contributed by atoms with Crippen LogP contribution in [0.2, 0.25) is 0 Å². The molecular formula is C15H27N3O2S. The fourth-order valence-corrected chi connectivity index (χ4v) is 4.42. The largest absolute Gasteiger partial charge is 0.326 e. The third-order valence-corrected chi connectivity index (χ3v) is 5.74. The summed E-state index contributed by atoms with van der Waals surface area (Å²) in [5, 5.41) is 0. The van der Waals surface area contributed by atoms with E-state index in [4.69, 9.17) is 5.73 Å². The molecule has 0 aliphatic carbocycles. The highest BCUT2D eigenvalue weighted by Gasteiger charge is 2.29. The van der Waals surface area contributed by atoms with E-state index in [9.17, 15) is 8.42 Å². The molecule has 5 nitrogen and oxygen atoms in total. The monoisotopic (exact) mass is 313 g/mol. The van der Waals surface area contributed by atoms with Gasteiger partial charge in [0, 0.05) is 25.7 Å². The van der Waals surface area contributed by atoms with Crippen molar-refractivity contribution >= 4 is 10.0 Å². The first kappa shape index (κ1) is 18.1. The number of hydrogen-bond donors (Lipinski definition) is 1. The number of nitrogens with zero attached hydrogens (tertiary/aromatic N) is 2. The Labute approximate surface area is 128 Å². The highest BCUT2D eigenvalue weighted by atomic mass is 32.2. The SMILES string of the molecule is CCN(C(C)CN(C)C)S(=O)(=O)c1cc(CN)ccc1C. The normalized spacial score (nSPS) is 13.9. The lowest BCUT2D eigenvalue weighted by Gasteiger charge is -2.29. The van der Waals surface area contributed by atoms with Crippen LogP contribution in [-0.4, -0.2) is 50.8 Å². The van der Waals surface area contributed by atoms with E-state index < -0.39 is 10.0 Å². The van der Waals surface area contributed by atoms with E-state index in [-0.39, 0.29) is 6.04 Å². The lowest BCUT2D eigenvalue weighted by Crippen LogP contribution is -2.43. The van der Waals surface area contributed by atoms with E-state index in [1.807, 2.05) is 51.9 Å². The average Bonchev–Trinajstić information content (AvgIpc) is 2.38. The molecule has 0 heterocycles. The Hall–Kier alpha value is -0.950. The van der Waals surface area contributed by atoms with Gasteiger partial charge in [0.15, 0.2) is 0 Å². The third kappa shape index (κ3) is 4.26. The first-order chi connectivity index (χ1) is 9.73. The predicted molar refractivity (Wildman–Crippen MR) is 86.7 cm³/mol. The van der Waals surface area contributed by atoms with Gasteiger partial charge in [0.2, 0.25) is 10.0 Å². The molecule has 21 heavy (non-hydrogen) atoms. The van der Waals surface area contributed by atoms with Crippen LogP contribution < -0.4 is 5.73 Å². The second-order valence-electron chi connectivity index (χ2n) is 5.62. The molecule has 6 heteroatoms. The van der Waals surface area contributed by atoms with Gasteiger partial charge in [-0.1, -0.05) is 19.1 Å². The molecule has 0 aliphatic heterocycles. The molecule has 2 N–H and O–H groups in total. The highest BCUT2D eigenvalue weighted by Crippen LogP contribution is 2.23. The first-order valence-corrected chi connectivity index (χ1v) is 8.64. The molecule has 120 valence electrons. The molecule has 0 radical (unpaired) electrons. The van der Waals surface area contributed by atoms with Crippen molar-refractivity contribution in [2.75, 3.05) is 27.2 Å². The number of sulfonamides is 1. The Morgan fingerprint density at radius 2 is 1.90 bits per heavy atom. The highest BCUT2D eigenvalue weighted by molar-refractivity contribution is 7.89. The van der Waals surface area contributed by atoms with Crippen LogP contribution in [0.15, 0.2) is 23.1 Å². The second-order valence-corrected chi connectivity index (χ2v) is 7.48. The topological polar surface area (TPSA) is 66.6 Å². The van der Waals surface area contributed by atoms with Gasteiger partial charge >= 0.3 is 0 Å². The van der Waals surface area contributed by atoms with Crippen LogP contribution >= 0.6 is 0 Å². The molecule has 0 spiro atoms. The summed E-state index contributed by atoms with van der Waals surface area (Å²) in [6, 6.07) is 5.29. The van der Waals surface area contributed by atoms with E-state index in [0.29, 0.717) is 24.5 Å². The van der Waals surface area contributed by atoms with Crippen LogP contribution in [0.5, 0.6) is 0 Å². The molecule has 1 rings (SSSR count). The van der Waals surface area contributed by atoms with Crippen molar-refractivity contribution in [3.05, 3.63) is 29.3 Å². The number of benzene rings is 1. The molecule has 0 fully saturated rings. The van der Waals surface area contributed by atoms with E-state index in [0.717, 1.165) is 11.1 Å². The van der Waals surface area contributed by atoms with Gasteiger partial charge in [0.25, 0.3) is 0 Å². The summed E-state index contributed by atoms with van der Waals surface area (Å²) in [5.41, 5.74) is 7.21. The second kappa shape index (κ2) is 7.35. The Bertz CT molecular complexity index is 570. The summed E-state index contributed by atoms with van der Waals surface area (Å²) in [5.74, 6) is 0. The number of hydrogen-bond acceptors (Lipinski definition) is 4. The molecular weight excluding hydrogens is 286 g/mol. The van der Waals surface area contributed by atoms with Gasteiger partial charge in [-0.05, 0) is 45.1 Å². The molecule has 1 aromatic rings. The van der Waals surface area contributed by atoms with Gasteiger partial charge in [0.1, 0.15) is 0 Å². The maximum atomic E-state index is 12.9. The minimum Gasteiger partial charge on any atom is -0.326 e. The Morgan fingerprint density at radius 1 is 1.29 bits per heavy atom. The number of likely N-dealkylation sites (N-methyl/N-ethyl adjacent to an activating group) is 2. The van der Waals surface area contributed by atoms with E-state index in [1.54, 1.807) is 10.4 Å². The van der Waals surface area contributed by atoms with Crippen LogP contribution in [-0.2, 0) is 16.6 Å². The molecule has 1 atom stereocenters. The molecule has 0 bridgehead atoms. The van der Waals surface area contributed by atoms with E-state index >= 15 is 0 Å². The third-order valence-electron chi connectivity index (χ3n) is 3.51. The summed E-state index contributed by atoms with van der Waals surface area (Å²) in [6.07, 6.45) is 0. The average molecular weight is 313 g/mol. The van der Waals surface area contributed by atoms with Crippen molar-refractivity contribution in [2.45, 2.75) is 38.3 Å². The number of rotatable bonds is 7. The smallest absolute Gasteiger partial charge is 0.243 e. The summed E-state index contributed by atoms with van der Waals surface area (Å²) < 4.78 is 27.4. The zero-order chi connectivity index (χ0) is 16.2. The van der Waals surface area contributed by atoms with Crippen LogP contribution in [0.25, 0.3) is 0 Å². The zero-order valence-corrected chi connectivity index (χ0v) is 14.4. The maximum absolute atomic E-state index is 12.9. The molecule has 0 aromatic heterocycles. The number of aryl methyl sites for hydroxylation is 1. The summed E-state index contributed by atoms with van der Waals surface area (Å²) in [7, 11) is 0.375.